The highest BCUT2D eigenvalue weighted by molar-refractivity contribution is 5.63. The topological polar surface area (TPSA) is 51.0 Å². The van der Waals surface area contributed by atoms with Gasteiger partial charge in [0.25, 0.3) is 0 Å². The van der Waals surface area contributed by atoms with Crippen molar-refractivity contribution in [1.29, 1.82) is 0 Å². The molecule has 0 saturated carbocycles. The van der Waals surface area contributed by atoms with E-state index in [1.54, 1.807) is 12.5 Å². The van der Waals surface area contributed by atoms with Crippen molar-refractivity contribution >= 4 is 11.4 Å². The van der Waals surface area contributed by atoms with Crippen LogP contribution in [0.5, 0.6) is 0 Å². The highest BCUT2D eigenvalue weighted by Crippen LogP contribution is 2.28. The lowest BCUT2D eigenvalue weighted by Gasteiger charge is -1.99. The first kappa shape index (κ1) is 14.2. The second-order valence-electron chi connectivity index (χ2n) is 5.26. The zero-order valence-corrected chi connectivity index (χ0v) is 12.8. The molecule has 0 aliphatic rings. The minimum absolute atomic E-state index is 0.771. The van der Waals surface area contributed by atoms with E-state index in [0.29, 0.717) is 0 Å². The molecule has 0 aliphatic carbocycles. The van der Waals surface area contributed by atoms with Gasteiger partial charge in [0.1, 0.15) is 11.5 Å². The van der Waals surface area contributed by atoms with Crippen molar-refractivity contribution in [1.82, 2.24) is 0 Å². The fourth-order valence-electron chi connectivity index (χ4n) is 2.44. The first-order chi connectivity index (χ1) is 11.9. The minimum atomic E-state index is 0.771. The van der Waals surface area contributed by atoms with Gasteiger partial charge in [0, 0.05) is 11.1 Å². The van der Waals surface area contributed by atoms with Crippen LogP contribution in [0.15, 0.2) is 104 Å². The van der Waals surface area contributed by atoms with Crippen LogP contribution in [-0.2, 0) is 0 Å². The monoisotopic (exact) mass is 314 g/mol. The Morgan fingerprint density at radius 2 is 1.04 bits per heavy atom. The summed E-state index contributed by atoms with van der Waals surface area (Å²) < 4.78 is 10.8. The Hall–Kier alpha value is -3.40. The minimum Gasteiger partial charge on any atom is -0.464 e. The second-order valence-corrected chi connectivity index (χ2v) is 5.26. The summed E-state index contributed by atoms with van der Waals surface area (Å²) >= 11 is 0. The molecule has 0 unspecified atom stereocenters. The Labute approximate surface area is 139 Å². The van der Waals surface area contributed by atoms with Crippen LogP contribution in [0.1, 0.15) is 0 Å². The molecule has 0 spiro atoms. The lowest BCUT2D eigenvalue weighted by molar-refractivity contribution is 0.582. The fourth-order valence-corrected chi connectivity index (χ4v) is 2.44. The first-order valence-corrected chi connectivity index (χ1v) is 7.58. The summed E-state index contributed by atoms with van der Waals surface area (Å²) in [5.41, 5.74) is 3.49. The molecular formula is C20H14N2O2. The molecule has 2 aromatic carbocycles. The van der Waals surface area contributed by atoms with Gasteiger partial charge in [0.2, 0.25) is 0 Å². The van der Waals surface area contributed by atoms with Crippen LogP contribution in [0.25, 0.3) is 22.6 Å². The molecule has 0 fully saturated rings. The summed E-state index contributed by atoms with van der Waals surface area (Å²) in [5, 5.41) is 8.64. The molecule has 4 rings (SSSR count). The zero-order valence-electron chi connectivity index (χ0n) is 12.8. The van der Waals surface area contributed by atoms with Gasteiger partial charge in [-0.2, -0.15) is 10.2 Å². The maximum Gasteiger partial charge on any atom is 0.133 e. The van der Waals surface area contributed by atoms with Crippen molar-refractivity contribution in [2.75, 3.05) is 0 Å². The van der Waals surface area contributed by atoms with Crippen molar-refractivity contribution in [3.63, 3.8) is 0 Å². The number of nitrogens with zero attached hydrogens (tertiary/aromatic N) is 2. The SMILES string of the molecule is c1cc(N=Nc2cccc(-c3ccco3)c2)cc(-c2ccco2)c1. The largest absolute Gasteiger partial charge is 0.464 e. The third-order valence-electron chi connectivity index (χ3n) is 3.58. The van der Waals surface area contributed by atoms with E-state index in [4.69, 9.17) is 8.83 Å². The first-order valence-electron chi connectivity index (χ1n) is 7.58. The van der Waals surface area contributed by atoms with E-state index in [9.17, 15) is 0 Å². The van der Waals surface area contributed by atoms with E-state index in [2.05, 4.69) is 10.2 Å². The van der Waals surface area contributed by atoms with E-state index < -0.39 is 0 Å². The summed E-state index contributed by atoms with van der Waals surface area (Å²) in [6, 6.07) is 23.1. The molecule has 2 aromatic heterocycles. The van der Waals surface area contributed by atoms with Crippen LogP contribution < -0.4 is 0 Å². The average Bonchev–Trinajstić information content (AvgIpc) is 3.34. The third kappa shape index (κ3) is 3.03. The lowest BCUT2D eigenvalue weighted by Crippen LogP contribution is -1.74. The molecule has 0 atom stereocenters. The van der Waals surface area contributed by atoms with Gasteiger partial charge in [-0.3, -0.25) is 0 Å². The Kier molecular flexibility index (Phi) is 3.78. The molecule has 4 heteroatoms. The standard InChI is InChI=1S/C20H14N2O2/c1-5-15(19-9-3-11-23-19)13-17(7-1)21-22-18-8-2-6-16(14-18)20-10-4-12-24-20/h1-14H. The van der Waals surface area contributed by atoms with Gasteiger partial charge in [0.05, 0.1) is 23.9 Å². The Bertz CT molecular complexity index is 875. The molecule has 0 saturated heterocycles. The number of benzene rings is 2. The summed E-state index contributed by atoms with van der Waals surface area (Å²) in [6.45, 7) is 0. The van der Waals surface area contributed by atoms with Crippen molar-refractivity contribution in [2.45, 2.75) is 0 Å². The molecule has 0 bridgehead atoms. The van der Waals surface area contributed by atoms with Gasteiger partial charge in [0.15, 0.2) is 0 Å². The number of rotatable bonds is 4. The van der Waals surface area contributed by atoms with E-state index in [1.165, 1.54) is 0 Å². The Morgan fingerprint density at radius 1 is 0.542 bits per heavy atom. The predicted octanol–water partition coefficient (Wildman–Crippen LogP) is 6.62. The van der Waals surface area contributed by atoms with Gasteiger partial charge >= 0.3 is 0 Å². The van der Waals surface area contributed by atoms with E-state index >= 15 is 0 Å². The van der Waals surface area contributed by atoms with Gasteiger partial charge in [-0.1, -0.05) is 24.3 Å². The molecule has 0 amide bonds. The Morgan fingerprint density at radius 3 is 1.46 bits per heavy atom. The van der Waals surface area contributed by atoms with Gasteiger partial charge in [-0.05, 0) is 48.5 Å². The van der Waals surface area contributed by atoms with Crippen molar-refractivity contribution in [2.24, 2.45) is 10.2 Å². The van der Waals surface area contributed by atoms with Crippen LogP contribution in [0.4, 0.5) is 11.4 Å². The molecule has 0 aliphatic heterocycles. The molecule has 0 radical (unpaired) electrons. The van der Waals surface area contributed by atoms with Crippen LogP contribution in [0.3, 0.4) is 0 Å². The van der Waals surface area contributed by atoms with Gasteiger partial charge in [-0.25, -0.2) is 0 Å². The van der Waals surface area contributed by atoms with Crippen LogP contribution >= 0.6 is 0 Å². The fraction of sp³-hybridized carbons (Fsp3) is 0. The number of hydrogen-bond donors (Lipinski definition) is 0. The summed E-state index contributed by atoms with van der Waals surface area (Å²) in [4.78, 5) is 0. The zero-order chi connectivity index (χ0) is 16.2. The molecule has 4 aromatic rings. The van der Waals surface area contributed by atoms with Crippen LogP contribution in [0, 0.1) is 0 Å². The quantitative estimate of drug-likeness (QED) is 0.397. The molecule has 24 heavy (non-hydrogen) atoms. The van der Waals surface area contributed by atoms with Gasteiger partial charge < -0.3 is 8.83 Å². The lowest BCUT2D eigenvalue weighted by atomic mass is 10.1. The molecule has 4 nitrogen and oxygen atoms in total. The molecule has 116 valence electrons. The molecule has 2 heterocycles. The van der Waals surface area contributed by atoms with E-state index in [0.717, 1.165) is 34.0 Å². The van der Waals surface area contributed by atoms with Crippen molar-refractivity contribution in [3.8, 4) is 22.6 Å². The normalized spacial score (nSPS) is 11.2. The van der Waals surface area contributed by atoms with Crippen LogP contribution in [-0.4, -0.2) is 0 Å². The van der Waals surface area contributed by atoms with E-state index in [1.807, 2.05) is 72.8 Å². The number of furan rings is 2. The average molecular weight is 314 g/mol. The van der Waals surface area contributed by atoms with Gasteiger partial charge in [-0.15, -0.1) is 0 Å². The smallest absolute Gasteiger partial charge is 0.133 e. The van der Waals surface area contributed by atoms with Crippen molar-refractivity contribution < 1.29 is 8.83 Å². The molecular weight excluding hydrogens is 300 g/mol. The third-order valence-corrected chi connectivity index (χ3v) is 3.58. The highest BCUT2D eigenvalue weighted by Gasteiger charge is 2.03. The number of azo groups is 1. The summed E-state index contributed by atoms with van der Waals surface area (Å²) in [7, 11) is 0. The number of hydrogen-bond acceptors (Lipinski definition) is 4. The highest BCUT2D eigenvalue weighted by atomic mass is 16.3. The predicted molar refractivity (Wildman–Crippen MR) is 92.5 cm³/mol. The summed E-state index contributed by atoms with van der Waals surface area (Å²) in [6.07, 6.45) is 3.31. The second kappa shape index (κ2) is 6.38. The van der Waals surface area contributed by atoms with E-state index in [-0.39, 0.29) is 0 Å². The maximum absolute atomic E-state index is 5.41. The van der Waals surface area contributed by atoms with Crippen molar-refractivity contribution in [3.05, 3.63) is 85.3 Å². The Balaban J connectivity index is 1.59. The van der Waals surface area contributed by atoms with Crippen LogP contribution in [0.2, 0.25) is 0 Å². The molecule has 0 N–H and O–H groups in total. The summed E-state index contributed by atoms with van der Waals surface area (Å²) in [5.74, 6) is 1.62. The maximum atomic E-state index is 5.41.